The van der Waals surface area contributed by atoms with Crippen LogP contribution in [-0.2, 0) is 4.74 Å². The molecule has 9 nitrogen and oxygen atoms in total. The third-order valence-electron chi connectivity index (χ3n) is 4.04. The predicted octanol–water partition coefficient (Wildman–Crippen LogP) is 2.07. The second-order valence-corrected chi connectivity index (χ2v) is 6.03. The zero-order chi connectivity index (χ0) is 22.0. The second kappa shape index (κ2) is 8.33. The molecule has 11 heteroatoms. The highest BCUT2D eigenvalue weighted by Crippen LogP contribution is 2.27. The molecule has 0 saturated carbocycles. The molecule has 0 aliphatic rings. The van der Waals surface area contributed by atoms with Crippen LogP contribution in [0.4, 0.5) is 14.5 Å². The van der Waals surface area contributed by atoms with Gasteiger partial charge in [0.15, 0.2) is 11.9 Å². The van der Waals surface area contributed by atoms with Crippen LogP contribution in [0.25, 0.3) is 16.7 Å². The first-order valence-corrected chi connectivity index (χ1v) is 8.56. The Morgan fingerprint density at radius 3 is 2.40 bits per heavy atom. The van der Waals surface area contributed by atoms with Gasteiger partial charge in [-0.3, -0.25) is 9.36 Å². The van der Waals surface area contributed by atoms with Gasteiger partial charge in [0.25, 0.3) is 5.56 Å². The Hall–Kier alpha value is -3.73. The quantitative estimate of drug-likeness (QED) is 0.458. The number of rotatable bonds is 6. The van der Waals surface area contributed by atoms with Crippen LogP contribution in [-0.4, -0.2) is 40.6 Å². The van der Waals surface area contributed by atoms with E-state index in [-0.39, 0.29) is 22.4 Å². The number of nitrogen functional groups attached to an aromatic ring is 1. The van der Waals surface area contributed by atoms with Crippen molar-refractivity contribution in [3.63, 3.8) is 0 Å². The number of hydrogen-bond acceptors (Lipinski definition) is 8. The van der Waals surface area contributed by atoms with Crippen molar-refractivity contribution in [1.82, 2.24) is 9.55 Å². The van der Waals surface area contributed by atoms with Crippen molar-refractivity contribution in [2.24, 2.45) is 0 Å². The molecular weight excluding hydrogens is 404 g/mol. The Kier molecular flexibility index (Phi) is 5.83. The minimum atomic E-state index is -3.13. The first kappa shape index (κ1) is 21.0. The molecular formula is C19H17F2N3O6. The van der Waals surface area contributed by atoms with Crippen LogP contribution in [0.1, 0.15) is 17.3 Å². The van der Waals surface area contributed by atoms with E-state index in [2.05, 4.69) is 14.5 Å². The Balaban J connectivity index is 2.30. The number of nitrogens with zero attached hydrogens (tertiary/aromatic N) is 2. The normalized spacial score (nSPS) is 12.1. The lowest BCUT2D eigenvalue weighted by Crippen LogP contribution is -2.28. The average Bonchev–Trinajstić information content (AvgIpc) is 2.68. The molecule has 3 rings (SSSR count). The Bertz CT molecular complexity index is 1150. The average molecular weight is 421 g/mol. The molecule has 1 aromatic carbocycles. The van der Waals surface area contributed by atoms with Gasteiger partial charge < -0.3 is 25.1 Å². The number of fused-ring (bicyclic) bond motifs is 1. The number of pyridine rings is 2. The fraction of sp³-hybridized carbons (Fsp3) is 0.211. The zero-order valence-corrected chi connectivity index (χ0v) is 15.8. The second-order valence-electron chi connectivity index (χ2n) is 6.03. The van der Waals surface area contributed by atoms with Crippen molar-refractivity contribution in [2.75, 3.05) is 12.8 Å². The highest BCUT2D eigenvalue weighted by Gasteiger charge is 2.23. The van der Waals surface area contributed by atoms with E-state index in [9.17, 15) is 23.5 Å². The van der Waals surface area contributed by atoms with Gasteiger partial charge in [0, 0.05) is 11.5 Å². The number of ether oxygens (including phenoxy) is 3. The Morgan fingerprint density at radius 2 is 1.83 bits per heavy atom. The van der Waals surface area contributed by atoms with Gasteiger partial charge in [-0.05, 0) is 37.3 Å². The Morgan fingerprint density at radius 1 is 1.17 bits per heavy atom. The summed E-state index contributed by atoms with van der Waals surface area (Å²) in [6.07, 6.45) is -1.06. The lowest BCUT2D eigenvalue weighted by molar-refractivity contribution is -0.0526. The summed E-state index contributed by atoms with van der Waals surface area (Å²) in [5, 5.41) is 9.46. The van der Waals surface area contributed by atoms with Gasteiger partial charge in [0.2, 0.25) is 5.88 Å². The topological polar surface area (TPSA) is 126 Å². The van der Waals surface area contributed by atoms with Crippen molar-refractivity contribution in [1.29, 1.82) is 0 Å². The van der Waals surface area contributed by atoms with Gasteiger partial charge in [-0.15, -0.1) is 0 Å². The van der Waals surface area contributed by atoms with Crippen LogP contribution in [0.5, 0.6) is 11.6 Å². The largest absolute Gasteiger partial charge is 0.465 e. The molecule has 2 aromatic heterocycles. The third-order valence-corrected chi connectivity index (χ3v) is 4.04. The van der Waals surface area contributed by atoms with Gasteiger partial charge in [-0.2, -0.15) is 13.8 Å². The number of nitrogens with two attached hydrogens (primary N) is 1. The summed E-state index contributed by atoms with van der Waals surface area (Å²) in [7, 11) is 1.09. The minimum Gasteiger partial charge on any atom is -0.465 e. The van der Waals surface area contributed by atoms with Crippen LogP contribution < -0.4 is 20.8 Å². The van der Waals surface area contributed by atoms with E-state index >= 15 is 0 Å². The van der Waals surface area contributed by atoms with E-state index in [0.717, 1.165) is 17.7 Å². The van der Waals surface area contributed by atoms with E-state index in [1.807, 2.05) is 0 Å². The van der Waals surface area contributed by atoms with Crippen LogP contribution in [0.3, 0.4) is 0 Å². The molecule has 0 aliphatic heterocycles. The number of methoxy groups -OCH3 is 1. The van der Waals surface area contributed by atoms with E-state index in [0.29, 0.717) is 5.75 Å². The van der Waals surface area contributed by atoms with Crippen molar-refractivity contribution >= 4 is 22.7 Å². The fourth-order valence-corrected chi connectivity index (χ4v) is 2.84. The number of aliphatic hydroxyl groups is 1. The van der Waals surface area contributed by atoms with E-state index in [1.54, 1.807) is 0 Å². The molecule has 0 amide bonds. The molecule has 3 aromatic rings. The maximum absolute atomic E-state index is 13.1. The maximum atomic E-state index is 13.1. The molecule has 0 saturated heterocycles. The molecule has 158 valence electrons. The molecule has 0 radical (unpaired) electrons. The number of esters is 1. The summed E-state index contributed by atoms with van der Waals surface area (Å²) >= 11 is 0. The first-order valence-electron chi connectivity index (χ1n) is 8.56. The van der Waals surface area contributed by atoms with Gasteiger partial charge in [-0.1, -0.05) is 0 Å². The van der Waals surface area contributed by atoms with Crippen molar-refractivity contribution < 1.29 is 32.9 Å². The van der Waals surface area contributed by atoms with Crippen LogP contribution >= 0.6 is 0 Å². The third kappa shape index (κ3) is 4.01. The molecule has 0 aliphatic carbocycles. The number of hydrogen-bond donors (Lipinski definition) is 2. The molecule has 30 heavy (non-hydrogen) atoms. The summed E-state index contributed by atoms with van der Waals surface area (Å²) in [5.74, 6) is -1.09. The molecule has 3 N–H and O–H groups in total. The number of aliphatic hydroxyl groups excluding tert-OH is 1. The molecule has 1 atom stereocenters. The summed E-state index contributed by atoms with van der Waals surface area (Å²) in [5.41, 5.74) is 4.61. The van der Waals surface area contributed by atoms with Gasteiger partial charge in [0.05, 0.1) is 18.5 Å². The summed E-state index contributed by atoms with van der Waals surface area (Å²) < 4.78 is 40.4. The monoisotopic (exact) mass is 421 g/mol. The number of anilines is 1. The summed E-state index contributed by atoms with van der Waals surface area (Å²) in [6.45, 7) is -1.71. The van der Waals surface area contributed by atoms with Crippen molar-refractivity contribution in [2.45, 2.75) is 19.8 Å². The number of aromatic nitrogens is 2. The minimum absolute atomic E-state index is 0.104. The lowest BCUT2D eigenvalue weighted by Gasteiger charge is -2.16. The smallest absolute Gasteiger partial charge is 0.388 e. The van der Waals surface area contributed by atoms with Gasteiger partial charge in [-0.25, -0.2) is 4.79 Å². The standard InChI is InChI=1S/C19H17F2N3O6/c1-9(25)29-11-5-3-10(4-6-11)24-16-12(7-8-13(23-16)30-19(20)21)15(22)14(17(24)26)18(27)28-2/h3-9,19,25H,22H2,1-2H3/t9-/m1/s1. The van der Waals surface area contributed by atoms with Crippen molar-refractivity contribution in [3.8, 4) is 17.3 Å². The highest BCUT2D eigenvalue weighted by atomic mass is 19.3. The highest BCUT2D eigenvalue weighted by molar-refractivity contribution is 6.03. The van der Waals surface area contributed by atoms with E-state index < -0.39 is 35.9 Å². The number of benzene rings is 1. The zero-order valence-electron chi connectivity index (χ0n) is 15.8. The van der Waals surface area contributed by atoms with Crippen LogP contribution in [0.2, 0.25) is 0 Å². The molecule has 0 spiro atoms. The number of alkyl halides is 2. The van der Waals surface area contributed by atoms with Crippen molar-refractivity contribution in [3.05, 3.63) is 52.3 Å². The van der Waals surface area contributed by atoms with Gasteiger partial charge in [0.1, 0.15) is 11.3 Å². The number of carbonyl (C=O) groups is 1. The van der Waals surface area contributed by atoms with Crippen LogP contribution in [0.15, 0.2) is 41.2 Å². The number of halogens is 2. The first-order chi connectivity index (χ1) is 14.2. The predicted molar refractivity (Wildman–Crippen MR) is 102 cm³/mol. The molecule has 2 heterocycles. The lowest BCUT2D eigenvalue weighted by atomic mass is 10.1. The van der Waals surface area contributed by atoms with E-state index in [1.165, 1.54) is 37.3 Å². The maximum Gasteiger partial charge on any atom is 0.388 e. The number of carbonyl (C=O) groups excluding carboxylic acids is 1. The SMILES string of the molecule is COC(=O)c1c(N)c2ccc(OC(F)F)nc2n(-c2ccc(O[C@H](C)O)cc2)c1=O. The molecule has 0 unspecified atom stereocenters. The molecule has 0 bridgehead atoms. The van der Waals surface area contributed by atoms with E-state index in [4.69, 9.17) is 10.5 Å². The van der Waals surface area contributed by atoms with Gasteiger partial charge >= 0.3 is 12.6 Å². The fourth-order valence-electron chi connectivity index (χ4n) is 2.84. The Labute approximate surface area is 168 Å². The van der Waals surface area contributed by atoms with Crippen LogP contribution in [0, 0.1) is 0 Å². The molecule has 0 fully saturated rings. The summed E-state index contributed by atoms with van der Waals surface area (Å²) in [6, 6.07) is 8.29. The summed E-state index contributed by atoms with van der Waals surface area (Å²) in [4.78, 5) is 29.2.